The molecule has 0 aliphatic heterocycles. The highest BCUT2D eigenvalue weighted by atomic mass is 16.5. The molecule has 2 aromatic carbocycles. The summed E-state index contributed by atoms with van der Waals surface area (Å²) in [7, 11) is 0. The highest BCUT2D eigenvalue weighted by molar-refractivity contribution is 5.94. The van der Waals surface area contributed by atoms with Crippen molar-refractivity contribution in [1.29, 1.82) is 5.26 Å². The van der Waals surface area contributed by atoms with Crippen LogP contribution in [-0.4, -0.2) is 25.0 Å². The maximum absolute atomic E-state index is 12.2. The highest BCUT2D eigenvalue weighted by Gasteiger charge is 2.13. The molecule has 0 saturated carbocycles. The molecule has 6 heteroatoms. The second-order valence-corrected chi connectivity index (χ2v) is 5.58. The maximum Gasteiger partial charge on any atom is 0.226 e. The predicted molar refractivity (Wildman–Crippen MR) is 100 cm³/mol. The molecule has 134 valence electrons. The molecule has 0 unspecified atom stereocenters. The Morgan fingerprint density at radius 2 is 1.77 bits per heavy atom. The quantitative estimate of drug-likeness (QED) is 0.829. The molecule has 0 fully saturated rings. The van der Waals surface area contributed by atoms with Crippen LogP contribution in [0.5, 0.6) is 5.75 Å². The van der Waals surface area contributed by atoms with Crippen molar-refractivity contribution in [3.05, 3.63) is 54.1 Å². The summed E-state index contributed by atoms with van der Waals surface area (Å²) in [4.78, 5) is 25.6. The average Bonchev–Trinajstić information content (AvgIpc) is 2.64. The third kappa shape index (κ3) is 5.35. The molecule has 1 N–H and O–H groups in total. The number of rotatable bonds is 7. The summed E-state index contributed by atoms with van der Waals surface area (Å²) in [5.41, 5.74) is 1.85. The SMILES string of the molecule is CCOc1ccc(NC(=O)CCN(C(C)=O)c2ccc(C#N)cc2)cc1. The minimum absolute atomic E-state index is 0.160. The first-order chi connectivity index (χ1) is 12.5. The van der Waals surface area contributed by atoms with Gasteiger partial charge in [-0.15, -0.1) is 0 Å². The first-order valence-corrected chi connectivity index (χ1v) is 8.34. The first kappa shape index (κ1) is 19.0. The van der Waals surface area contributed by atoms with E-state index in [4.69, 9.17) is 10.00 Å². The number of amides is 2. The molecule has 26 heavy (non-hydrogen) atoms. The summed E-state index contributed by atoms with van der Waals surface area (Å²) in [5, 5.41) is 11.6. The molecular weight excluding hydrogens is 330 g/mol. The Hall–Kier alpha value is -3.33. The van der Waals surface area contributed by atoms with Crippen LogP contribution < -0.4 is 15.0 Å². The molecule has 0 aliphatic carbocycles. The van der Waals surface area contributed by atoms with Gasteiger partial charge in [0.1, 0.15) is 5.75 Å². The fourth-order valence-electron chi connectivity index (χ4n) is 2.42. The van der Waals surface area contributed by atoms with E-state index in [1.165, 1.54) is 11.8 Å². The van der Waals surface area contributed by atoms with Gasteiger partial charge in [-0.3, -0.25) is 9.59 Å². The van der Waals surface area contributed by atoms with Crippen molar-refractivity contribution >= 4 is 23.2 Å². The Kier molecular flexibility index (Phi) is 6.75. The summed E-state index contributed by atoms with van der Waals surface area (Å²) in [5.74, 6) is 0.395. The van der Waals surface area contributed by atoms with Crippen LogP contribution in [0.1, 0.15) is 25.8 Å². The van der Waals surface area contributed by atoms with E-state index in [0.29, 0.717) is 23.5 Å². The molecule has 0 spiro atoms. The predicted octanol–water partition coefficient (Wildman–Crippen LogP) is 3.34. The molecule has 0 aromatic heterocycles. The smallest absolute Gasteiger partial charge is 0.226 e. The number of hydrogen-bond acceptors (Lipinski definition) is 4. The van der Waals surface area contributed by atoms with Gasteiger partial charge in [-0.25, -0.2) is 0 Å². The molecule has 0 heterocycles. The number of benzene rings is 2. The van der Waals surface area contributed by atoms with E-state index < -0.39 is 0 Å². The van der Waals surface area contributed by atoms with Crippen molar-refractivity contribution in [3.63, 3.8) is 0 Å². The summed E-state index contributed by atoms with van der Waals surface area (Å²) >= 11 is 0. The number of nitrogens with one attached hydrogen (secondary N) is 1. The van der Waals surface area contributed by atoms with E-state index in [1.807, 2.05) is 13.0 Å². The van der Waals surface area contributed by atoms with E-state index in [0.717, 1.165) is 5.75 Å². The number of anilines is 2. The fourth-order valence-corrected chi connectivity index (χ4v) is 2.42. The van der Waals surface area contributed by atoms with Crippen LogP contribution in [0.15, 0.2) is 48.5 Å². The summed E-state index contributed by atoms with van der Waals surface area (Å²) in [6.45, 7) is 4.19. The van der Waals surface area contributed by atoms with Crippen LogP contribution in [0.3, 0.4) is 0 Å². The Morgan fingerprint density at radius 1 is 1.12 bits per heavy atom. The normalized spacial score (nSPS) is 9.88. The summed E-state index contributed by atoms with van der Waals surface area (Å²) in [6.07, 6.45) is 0.160. The van der Waals surface area contributed by atoms with Gasteiger partial charge in [0.2, 0.25) is 11.8 Å². The van der Waals surface area contributed by atoms with Gasteiger partial charge in [0.25, 0.3) is 0 Å². The van der Waals surface area contributed by atoms with E-state index in [-0.39, 0.29) is 24.8 Å². The van der Waals surface area contributed by atoms with Crippen molar-refractivity contribution in [3.8, 4) is 11.8 Å². The Bertz CT molecular complexity index is 793. The number of nitriles is 1. The van der Waals surface area contributed by atoms with Crippen molar-refractivity contribution < 1.29 is 14.3 Å². The fraction of sp³-hybridized carbons (Fsp3) is 0.250. The van der Waals surface area contributed by atoms with Crippen LogP contribution in [0.25, 0.3) is 0 Å². The molecule has 6 nitrogen and oxygen atoms in total. The van der Waals surface area contributed by atoms with Crippen molar-refractivity contribution in [2.24, 2.45) is 0 Å². The van der Waals surface area contributed by atoms with Gasteiger partial charge in [-0.05, 0) is 55.5 Å². The largest absolute Gasteiger partial charge is 0.494 e. The van der Waals surface area contributed by atoms with Crippen molar-refractivity contribution in [1.82, 2.24) is 0 Å². The van der Waals surface area contributed by atoms with Gasteiger partial charge in [-0.2, -0.15) is 5.26 Å². The maximum atomic E-state index is 12.2. The number of carbonyl (C=O) groups is 2. The number of ether oxygens (including phenoxy) is 1. The molecule has 0 aliphatic rings. The van der Waals surface area contributed by atoms with Gasteiger partial charge in [0.15, 0.2) is 0 Å². The molecule has 0 atom stereocenters. The summed E-state index contributed by atoms with van der Waals surface area (Å²) in [6, 6.07) is 15.8. The van der Waals surface area contributed by atoms with Gasteiger partial charge < -0.3 is 15.0 Å². The van der Waals surface area contributed by atoms with Crippen molar-refractivity contribution in [2.45, 2.75) is 20.3 Å². The Balaban J connectivity index is 1.94. The minimum atomic E-state index is -0.186. The standard InChI is InChI=1S/C20H21N3O3/c1-3-26-19-10-6-17(7-11-19)22-20(25)12-13-23(15(2)24)18-8-4-16(14-21)5-9-18/h4-11H,3,12-13H2,1-2H3,(H,22,25). The highest BCUT2D eigenvalue weighted by Crippen LogP contribution is 2.17. The minimum Gasteiger partial charge on any atom is -0.494 e. The van der Waals surface area contributed by atoms with Crippen molar-refractivity contribution in [2.75, 3.05) is 23.4 Å². The number of hydrogen-bond donors (Lipinski definition) is 1. The first-order valence-electron chi connectivity index (χ1n) is 8.34. The summed E-state index contributed by atoms with van der Waals surface area (Å²) < 4.78 is 5.36. The molecule has 0 radical (unpaired) electrons. The zero-order chi connectivity index (χ0) is 18.9. The molecule has 2 aromatic rings. The monoisotopic (exact) mass is 351 g/mol. The van der Waals surface area contributed by atoms with Gasteiger partial charge in [-0.1, -0.05) is 0 Å². The van der Waals surface area contributed by atoms with Crippen LogP contribution in [-0.2, 0) is 9.59 Å². The van der Waals surface area contributed by atoms with Gasteiger partial charge >= 0.3 is 0 Å². The van der Waals surface area contributed by atoms with Gasteiger partial charge in [0, 0.05) is 31.3 Å². The lowest BCUT2D eigenvalue weighted by molar-refractivity contribution is -0.117. The van der Waals surface area contributed by atoms with Crippen LogP contribution in [0.2, 0.25) is 0 Å². The lowest BCUT2D eigenvalue weighted by Gasteiger charge is -2.21. The molecule has 0 bridgehead atoms. The van der Waals surface area contributed by atoms with Crippen LogP contribution >= 0.6 is 0 Å². The average molecular weight is 351 g/mol. The van der Waals surface area contributed by atoms with E-state index in [2.05, 4.69) is 5.32 Å². The molecular formula is C20H21N3O3. The zero-order valence-corrected chi connectivity index (χ0v) is 14.9. The second-order valence-electron chi connectivity index (χ2n) is 5.58. The Labute approximate surface area is 153 Å². The van der Waals surface area contributed by atoms with Crippen LogP contribution in [0.4, 0.5) is 11.4 Å². The third-order valence-electron chi connectivity index (χ3n) is 3.70. The molecule has 2 amide bonds. The lowest BCUT2D eigenvalue weighted by Crippen LogP contribution is -2.31. The van der Waals surface area contributed by atoms with E-state index in [9.17, 15) is 9.59 Å². The second kappa shape index (κ2) is 9.23. The lowest BCUT2D eigenvalue weighted by atomic mass is 10.2. The molecule has 0 saturated heterocycles. The Morgan fingerprint density at radius 3 is 2.31 bits per heavy atom. The number of carbonyl (C=O) groups excluding carboxylic acids is 2. The third-order valence-corrected chi connectivity index (χ3v) is 3.70. The van der Waals surface area contributed by atoms with E-state index in [1.54, 1.807) is 48.5 Å². The zero-order valence-electron chi connectivity index (χ0n) is 14.9. The number of nitrogens with zero attached hydrogens (tertiary/aromatic N) is 2. The van der Waals surface area contributed by atoms with Crippen LogP contribution in [0, 0.1) is 11.3 Å². The molecule has 2 rings (SSSR count). The van der Waals surface area contributed by atoms with E-state index >= 15 is 0 Å². The topological polar surface area (TPSA) is 82.4 Å². The van der Waals surface area contributed by atoms with Gasteiger partial charge in [0.05, 0.1) is 18.2 Å².